The second-order valence-corrected chi connectivity index (χ2v) is 24.9. The van der Waals surface area contributed by atoms with Gasteiger partial charge >= 0.3 is 0 Å². The summed E-state index contributed by atoms with van der Waals surface area (Å²) in [6.07, 6.45) is 0. The fourth-order valence-corrected chi connectivity index (χ4v) is 9.30. The molecule has 6 heteroatoms. The number of nitrogens with zero attached hydrogens (tertiary/aromatic N) is 2. The number of hydrogen-bond donors (Lipinski definition) is 0. The summed E-state index contributed by atoms with van der Waals surface area (Å²) in [4.78, 5) is 28.4. The van der Waals surface area contributed by atoms with Crippen LogP contribution in [0.15, 0.2) is 107 Å². The largest absolute Gasteiger partial charge is 0.343 e. The summed E-state index contributed by atoms with van der Waals surface area (Å²) in [5.41, 5.74) is 7.40. The molecule has 46 heavy (non-hydrogen) atoms. The van der Waals surface area contributed by atoms with Crippen molar-refractivity contribution in [3.63, 3.8) is 0 Å². The lowest BCUT2D eigenvalue weighted by molar-refractivity contribution is 0.994. The van der Waals surface area contributed by atoms with Crippen LogP contribution in [0, 0.1) is 0 Å². The molecule has 0 spiro atoms. The van der Waals surface area contributed by atoms with Crippen LogP contribution >= 0.6 is 0 Å². The van der Waals surface area contributed by atoms with Crippen molar-refractivity contribution in [3.05, 3.63) is 118 Å². The number of para-hydroxylation sites is 2. The molecule has 0 N–H and O–H groups in total. The van der Waals surface area contributed by atoms with Crippen LogP contribution in [0.2, 0.25) is 39.3 Å². The Balaban J connectivity index is 1.50. The quantitative estimate of drug-likeness (QED) is 0.145. The predicted molar refractivity (Wildman–Crippen MR) is 204 cm³/mol. The first-order valence-corrected chi connectivity index (χ1v) is 23.0. The van der Waals surface area contributed by atoms with E-state index in [9.17, 15) is 9.59 Å². The molecule has 4 nitrogen and oxygen atoms in total. The Labute approximate surface area is 271 Å². The van der Waals surface area contributed by atoms with E-state index in [-0.39, 0.29) is 10.9 Å². The van der Waals surface area contributed by atoms with E-state index < -0.39 is 16.1 Å². The number of aryl methyl sites for hydroxylation is 2. The van der Waals surface area contributed by atoms with Crippen LogP contribution in [-0.4, -0.2) is 25.3 Å². The third-order valence-electron chi connectivity index (χ3n) is 9.68. The standard InChI is InChI=1S/C40H40N2O2Si2/c1-41-35-23-34-36(42(2)38-30(12-10-14-32(38)40(34)44)26-17-21-28(22-18-26)46(6,7)8)24-33(35)39(43)31-13-9-11-29(37(31)41)25-15-19-27(20-16-25)45(3,4)5/h9-24H,1-8H3. The van der Waals surface area contributed by atoms with Crippen molar-refractivity contribution >= 4 is 70.1 Å². The Hall–Kier alpha value is -4.53. The molecule has 7 rings (SSSR count). The van der Waals surface area contributed by atoms with Crippen LogP contribution in [0.3, 0.4) is 0 Å². The van der Waals surface area contributed by atoms with Gasteiger partial charge in [-0.15, -0.1) is 0 Å². The lowest BCUT2D eigenvalue weighted by atomic mass is 9.98. The highest BCUT2D eigenvalue weighted by molar-refractivity contribution is 6.89. The van der Waals surface area contributed by atoms with Gasteiger partial charge in [-0.2, -0.15) is 0 Å². The highest BCUT2D eigenvalue weighted by Crippen LogP contribution is 2.33. The van der Waals surface area contributed by atoms with Gasteiger partial charge in [-0.25, -0.2) is 0 Å². The summed E-state index contributed by atoms with van der Waals surface area (Å²) >= 11 is 0. The summed E-state index contributed by atoms with van der Waals surface area (Å²) in [7, 11) is 1.13. The molecule has 0 saturated heterocycles. The first-order chi connectivity index (χ1) is 21.8. The lowest BCUT2D eigenvalue weighted by Crippen LogP contribution is -2.37. The molecular weight excluding hydrogens is 597 g/mol. The fraction of sp³-hybridized carbons (Fsp3) is 0.200. The van der Waals surface area contributed by atoms with Crippen molar-refractivity contribution < 1.29 is 0 Å². The number of pyridine rings is 2. The summed E-state index contributed by atoms with van der Waals surface area (Å²) in [6, 6.07) is 33.4. The van der Waals surface area contributed by atoms with Gasteiger partial charge in [0.25, 0.3) is 0 Å². The first-order valence-electron chi connectivity index (χ1n) is 16.0. The predicted octanol–water partition coefficient (Wildman–Crippen LogP) is 8.12. The molecule has 0 radical (unpaired) electrons. The summed E-state index contributed by atoms with van der Waals surface area (Å²) < 4.78 is 4.18. The summed E-state index contributed by atoms with van der Waals surface area (Å²) in [6.45, 7) is 14.1. The molecule has 230 valence electrons. The molecule has 0 atom stereocenters. The highest BCUT2D eigenvalue weighted by atomic mass is 28.3. The molecule has 0 aliphatic heterocycles. The maximum Gasteiger partial charge on any atom is 0.197 e. The van der Waals surface area contributed by atoms with Gasteiger partial charge in [-0.1, -0.05) is 122 Å². The van der Waals surface area contributed by atoms with E-state index in [4.69, 9.17) is 0 Å². The van der Waals surface area contributed by atoms with Crippen LogP contribution in [-0.2, 0) is 14.1 Å². The Kier molecular flexibility index (Phi) is 6.89. The molecule has 0 aliphatic rings. The average molecular weight is 637 g/mol. The summed E-state index contributed by atoms with van der Waals surface area (Å²) in [5.74, 6) is 0. The van der Waals surface area contributed by atoms with E-state index >= 15 is 0 Å². The Morgan fingerprint density at radius 1 is 0.457 bits per heavy atom. The number of aromatic nitrogens is 2. The minimum absolute atomic E-state index is 0.0201. The second-order valence-electron chi connectivity index (χ2n) is 14.7. The molecule has 0 unspecified atom stereocenters. The van der Waals surface area contributed by atoms with E-state index in [0.717, 1.165) is 44.3 Å². The van der Waals surface area contributed by atoms with Crippen molar-refractivity contribution in [3.8, 4) is 22.3 Å². The first kappa shape index (κ1) is 30.1. The monoisotopic (exact) mass is 636 g/mol. The second kappa shape index (κ2) is 10.5. The number of fused-ring (bicyclic) bond motifs is 4. The zero-order valence-electron chi connectivity index (χ0n) is 27.9. The highest BCUT2D eigenvalue weighted by Gasteiger charge is 2.21. The van der Waals surface area contributed by atoms with E-state index in [2.05, 4.69) is 109 Å². The zero-order chi connectivity index (χ0) is 32.7. The van der Waals surface area contributed by atoms with Crippen molar-refractivity contribution in [1.29, 1.82) is 0 Å². The maximum atomic E-state index is 14.2. The lowest BCUT2D eigenvalue weighted by Gasteiger charge is -2.19. The Bertz CT molecular complexity index is 2300. The fourth-order valence-electron chi connectivity index (χ4n) is 6.97. The Morgan fingerprint density at radius 2 is 0.804 bits per heavy atom. The molecule has 5 aromatic carbocycles. The molecule has 0 saturated carbocycles. The van der Waals surface area contributed by atoms with Crippen molar-refractivity contribution in [2.45, 2.75) is 39.3 Å². The van der Waals surface area contributed by atoms with Gasteiger partial charge in [0, 0.05) is 46.8 Å². The van der Waals surface area contributed by atoms with Gasteiger partial charge in [0.15, 0.2) is 10.9 Å². The van der Waals surface area contributed by atoms with Gasteiger partial charge < -0.3 is 9.13 Å². The maximum absolute atomic E-state index is 14.2. The molecule has 0 aliphatic carbocycles. The van der Waals surface area contributed by atoms with Gasteiger partial charge in [0.05, 0.1) is 38.2 Å². The third kappa shape index (κ3) is 4.70. The Morgan fingerprint density at radius 3 is 1.13 bits per heavy atom. The molecule has 0 amide bonds. The zero-order valence-corrected chi connectivity index (χ0v) is 29.9. The normalized spacial score (nSPS) is 12.5. The van der Waals surface area contributed by atoms with Crippen LogP contribution in [0.4, 0.5) is 0 Å². The van der Waals surface area contributed by atoms with Crippen LogP contribution in [0.1, 0.15) is 0 Å². The number of rotatable bonds is 4. The van der Waals surface area contributed by atoms with Gasteiger partial charge in [-0.05, 0) is 35.4 Å². The minimum Gasteiger partial charge on any atom is -0.343 e. The molecule has 2 aromatic heterocycles. The topological polar surface area (TPSA) is 44.0 Å². The van der Waals surface area contributed by atoms with Crippen LogP contribution in [0.5, 0.6) is 0 Å². The van der Waals surface area contributed by atoms with Crippen LogP contribution < -0.4 is 21.2 Å². The SMILES string of the molecule is Cn1c2cc3c(=O)c4cccc(-c5ccc([Si](C)(C)C)cc5)c4n(C)c3cc2c(=O)c2cccc(-c3ccc([Si](C)(C)C)cc3)c21. The van der Waals surface area contributed by atoms with E-state index in [1.165, 1.54) is 10.4 Å². The smallest absolute Gasteiger partial charge is 0.197 e. The molecular formula is C40H40N2O2Si2. The van der Waals surface area contributed by atoms with Crippen molar-refractivity contribution in [2.75, 3.05) is 0 Å². The van der Waals surface area contributed by atoms with E-state index in [1.807, 2.05) is 50.5 Å². The van der Waals surface area contributed by atoms with E-state index in [0.29, 0.717) is 21.5 Å². The van der Waals surface area contributed by atoms with Crippen molar-refractivity contribution in [1.82, 2.24) is 9.13 Å². The number of benzene rings is 5. The van der Waals surface area contributed by atoms with Gasteiger partial charge in [0.2, 0.25) is 0 Å². The van der Waals surface area contributed by atoms with Gasteiger partial charge in [0.1, 0.15) is 0 Å². The molecule has 7 aromatic rings. The molecule has 0 fully saturated rings. The number of hydrogen-bond acceptors (Lipinski definition) is 2. The summed E-state index contributed by atoms with van der Waals surface area (Å²) in [5, 5.41) is 5.37. The third-order valence-corrected chi connectivity index (χ3v) is 13.8. The van der Waals surface area contributed by atoms with Crippen LogP contribution in [0.25, 0.3) is 65.9 Å². The van der Waals surface area contributed by atoms with Crippen molar-refractivity contribution in [2.24, 2.45) is 14.1 Å². The van der Waals surface area contributed by atoms with Gasteiger partial charge in [-0.3, -0.25) is 9.59 Å². The molecule has 2 heterocycles. The minimum atomic E-state index is -1.44. The van der Waals surface area contributed by atoms with E-state index in [1.54, 1.807) is 0 Å². The molecule has 0 bridgehead atoms. The average Bonchev–Trinajstić information content (AvgIpc) is 3.04.